The molecule has 104 valence electrons. The molecule has 0 saturated carbocycles. The standard InChI is InChI=1S/C11H18N6OS/c1-6(12)5-8-7(2)15-17(4)9(8)19-11-14-13-10(18)16(11)3/h6H,5,12H2,1-4H3,(H,13,18). The predicted molar refractivity (Wildman–Crippen MR) is 73.3 cm³/mol. The van der Waals surface area contributed by atoms with E-state index in [9.17, 15) is 4.79 Å². The minimum atomic E-state index is -0.227. The highest BCUT2D eigenvalue weighted by atomic mass is 32.2. The van der Waals surface area contributed by atoms with Crippen molar-refractivity contribution >= 4 is 11.8 Å². The van der Waals surface area contributed by atoms with Gasteiger partial charge in [-0.3, -0.25) is 9.25 Å². The molecule has 0 bridgehead atoms. The molecule has 0 aromatic carbocycles. The van der Waals surface area contributed by atoms with Gasteiger partial charge in [-0.2, -0.15) is 5.10 Å². The lowest BCUT2D eigenvalue weighted by Crippen LogP contribution is -2.18. The van der Waals surface area contributed by atoms with Crippen LogP contribution < -0.4 is 11.4 Å². The maximum atomic E-state index is 11.4. The molecule has 2 aromatic rings. The highest BCUT2D eigenvalue weighted by molar-refractivity contribution is 7.99. The van der Waals surface area contributed by atoms with Gasteiger partial charge >= 0.3 is 5.69 Å². The molecule has 0 radical (unpaired) electrons. The van der Waals surface area contributed by atoms with Gasteiger partial charge in [0.25, 0.3) is 0 Å². The van der Waals surface area contributed by atoms with Gasteiger partial charge in [-0.1, -0.05) is 0 Å². The van der Waals surface area contributed by atoms with Crippen molar-refractivity contribution in [3.63, 3.8) is 0 Å². The molecular weight excluding hydrogens is 264 g/mol. The van der Waals surface area contributed by atoms with Gasteiger partial charge in [-0.05, 0) is 32.0 Å². The SMILES string of the molecule is Cc1nn(C)c(Sc2n[nH]c(=O)n2C)c1CC(C)N. The Morgan fingerprint density at radius 1 is 1.47 bits per heavy atom. The highest BCUT2D eigenvalue weighted by Gasteiger charge is 2.18. The minimum Gasteiger partial charge on any atom is -0.328 e. The second-order valence-electron chi connectivity index (χ2n) is 4.65. The molecule has 0 amide bonds. The van der Waals surface area contributed by atoms with E-state index in [0.717, 1.165) is 22.7 Å². The normalized spacial score (nSPS) is 12.9. The van der Waals surface area contributed by atoms with Crippen molar-refractivity contribution in [3.05, 3.63) is 21.7 Å². The first-order valence-electron chi connectivity index (χ1n) is 5.97. The van der Waals surface area contributed by atoms with E-state index < -0.39 is 0 Å². The van der Waals surface area contributed by atoms with E-state index in [1.54, 1.807) is 11.7 Å². The van der Waals surface area contributed by atoms with Gasteiger partial charge in [0.2, 0.25) is 0 Å². The van der Waals surface area contributed by atoms with E-state index in [1.807, 2.05) is 20.9 Å². The average Bonchev–Trinajstić information content (AvgIpc) is 2.76. The van der Waals surface area contributed by atoms with Crippen LogP contribution in [0.5, 0.6) is 0 Å². The lowest BCUT2D eigenvalue weighted by molar-refractivity contribution is 0.673. The third kappa shape index (κ3) is 2.74. The van der Waals surface area contributed by atoms with E-state index in [4.69, 9.17) is 5.73 Å². The number of H-pyrrole nitrogens is 1. The second kappa shape index (κ2) is 5.22. The van der Waals surface area contributed by atoms with E-state index in [-0.39, 0.29) is 11.7 Å². The number of nitrogens with two attached hydrogens (primary N) is 1. The van der Waals surface area contributed by atoms with Gasteiger partial charge in [-0.25, -0.2) is 9.89 Å². The summed E-state index contributed by atoms with van der Waals surface area (Å²) < 4.78 is 3.28. The molecule has 19 heavy (non-hydrogen) atoms. The van der Waals surface area contributed by atoms with Crippen molar-refractivity contribution in [2.75, 3.05) is 0 Å². The number of aryl methyl sites for hydroxylation is 2. The molecule has 0 aliphatic carbocycles. The van der Waals surface area contributed by atoms with Crippen LogP contribution in [0.3, 0.4) is 0 Å². The topological polar surface area (TPSA) is 94.5 Å². The van der Waals surface area contributed by atoms with Gasteiger partial charge in [0.05, 0.1) is 5.69 Å². The number of rotatable bonds is 4. The average molecular weight is 282 g/mol. The summed E-state index contributed by atoms with van der Waals surface area (Å²) in [7, 11) is 3.56. The zero-order chi connectivity index (χ0) is 14.2. The summed E-state index contributed by atoms with van der Waals surface area (Å²) in [6.07, 6.45) is 0.750. The van der Waals surface area contributed by atoms with Crippen molar-refractivity contribution in [1.29, 1.82) is 0 Å². The van der Waals surface area contributed by atoms with Crippen molar-refractivity contribution in [3.8, 4) is 0 Å². The monoisotopic (exact) mass is 282 g/mol. The summed E-state index contributed by atoms with van der Waals surface area (Å²) in [4.78, 5) is 11.4. The van der Waals surface area contributed by atoms with Crippen LogP contribution in [0.25, 0.3) is 0 Å². The molecule has 7 nitrogen and oxygen atoms in total. The molecule has 0 saturated heterocycles. The summed E-state index contributed by atoms with van der Waals surface area (Å²) in [5, 5.41) is 12.4. The Morgan fingerprint density at radius 3 is 2.68 bits per heavy atom. The van der Waals surface area contributed by atoms with Crippen molar-refractivity contribution in [1.82, 2.24) is 24.5 Å². The Hall–Kier alpha value is -1.54. The van der Waals surface area contributed by atoms with E-state index in [1.165, 1.54) is 16.3 Å². The predicted octanol–water partition coefficient (Wildman–Crippen LogP) is 0.191. The van der Waals surface area contributed by atoms with Crippen molar-refractivity contribution in [2.45, 2.75) is 36.5 Å². The van der Waals surface area contributed by atoms with Gasteiger partial charge in [0.15, 0.2) is 5.16 Å². The zero-order valence-electron chi connectivity index (χ0n) is 11.5. The summed E-state index contributed by atoms with van der Waals surface area (Å²) in [5.41, 5.74) is 7.72. The number of nitrogens with one attached hydrogen (secondary N) is 1. The molecule has 2 heterocycles. The molecule has 0 aliphatic rings. The Labute approximate surface area is 115 Å². The quantitative estimate of drug-likeness (QED) is 0.835. The molecular formula is C11H18N6OS. The van der Waals surface area contributed by atoms with Crippen LogP contribution in [0, 0.1) is 6.92 Å². The maximum absolute atomic E-state index is 11.4. The van der Waals surface area contributed by atoms with Crippen LogP contribution in [0.4, 0.5) is 0 Å². The fourth-order valence-electron chi connectivity index (χ4n) is 1.88. The Bertz CT molecular complexity index is 638. The lowest BCUT2D eigenvalue weighted by atomic mass is 10.1. The minimum absolute atomic E-state index is 0.0604. The summed E-state index contributed by atoms with van der Waals surface area (Å²) in [6.45, 7) is 3.93. The molecule has 2 aromatic heterocycles. The van der Waals surface area contributed by atoms with Crippen LogP contribution in [-0.4, -0.2) is 30.6 Å². The molecule has 3 N–H and O–H groups in total. The molecule has 0 aliphatic heterocycles. The molecule has 1 unspecified atom stereocenters. The third-order valence-corrected chi connectivity index (χ3v) is 4.09. The smallest absolute Gasteiger partial charge is 0.328 e. The van der Waals surface area contributed by atoms with E-state index in [0.29, 0.717) is 5.16 Å². The number of aromatic amines is 1. The van der Waals surface area contributed by atoms with Crippen molar-refractivity contribution in [2.24, 2.45) is 19.8 Å². The first kappa shape index (κ1) is 13.9. The summed E-state index contributed by atoms with van der Waals surface area (Å²) in [5.74, 6) is 0. The molecule has 2 rings (SSSR count). The van der Waals surface area contributed by atoms with E-state index in [2.05, 4.69) is 15.3 Å². The van der Waals surface area contributed by atoms with Gasteiger partial charge in [0.1, 0.15) is 5.03 Å². The summed E-state index contributed by atoms with van der Waals surface area (Å²) in [6, 6.07) is 0.0604. The molecule has 0 spiro atoms. The van der Waals surface area contributed by atoms with Gasteiger partial charge in [-0.15, -0.1) is 5.10 Å². The first-order chi connectivity index (χ1) is 8.90. The number of aromatic nitrogens is 5. The van der Waals surface area contributed by atoms with Crippen molar-refractivity contribution < 1.29 is 0 Å². The van der Waals surface area contributed by atoms with Crippen LogP contribution >= 0.6 is 11.8 Å². The highest BCUT2D eigenvalue weighted by Crippen LogP contribution is 2.30. The van der Waals surface area contributed by atoms with Crippen LogP contribution in [0.2, 0.25) is 0 Å². The van der Waals surface area contributed by atoms with Crippen LogP contribution in [0.1, 0.15) is 18.2 Å². The Kier molecular flexibility index (Phi) is 3.81. The molecule has 0 fully saturated rings. The zero-order valence-corrected chi connectivity index (χ0v) is 12.3. The molecule has 1 atom stereocenters. The Balaban J connectivity index is 2.39. The largest absolute Gasteiger partial charge is 0.343 e. The number of nitrogens with zero attached hydrogens (tertiary/aromatic N) is 4. The van der Waals surface area contributed by atoms with Gasteiger partial charge < -0.3 is 5.73 Å². The lowest BCUT2D eigenvalue weighted by Gasteiger charge is -2.07. The van der Waals surface area contributed by atoms with Gasteiger partial charge in [0, 0.05) is 25.7 Å². The van der Waals surface area contributed by atoms with Crippen LogP contribution in [-0.2, 0) is 20.5 Å². The van der Waals surface area contributed by atoms with Crippen LogP contribution in [0.15, 0.2) is 15.0 Å². The third-order valence-electron chi connectivity index (χ3n) is 2.84. The Morgan fingerprint density at radius 2 is 2.16 bits per heavy atom. The fraction of sp³-hybridized carbons (Fsp3) is 0.545. The van der Waals surface area contributed by atoms with E-state index >= 15 is 0 Å². The summed E-state index contributed by atoms with van der Waals surface area (Å²) >= 11 is 1.42. The number of hydrogen-bond donors (Lipinski definition) is 2. The fourth-order valence-corrected chi connectivity index (χ4v) is 2.89. The number of hydrogen-bond acceptors (Lipinski definition) is 5. The molecule has 8 heteroatoms. The maximum Gasteiger partial charge on any atom is 0.343 e. The first-order valence-corrected chi connectivity index (χ1v) is 6.79. The second-order valence-corrected chi connectivity index (χ2v) is 5.60.